The monoisotopic (exact) mass is 334 g/mol. The Kier molecular flexibility index (Phi) is 6.11. The molecule has 0 saturated carbocycles. The van der Waals surface area contributed by atoms with Gasteiger partial charge in [0.1, 0.15) is 18.1 Å². The smallest absolute Gasteiger partial charge is 0.319 e. The van der Waals surface area contributed by atoms with Crippen molar-refractivity contribution in [1.82, 2.24) is 5.32 Å². The van der Waals surface area contributed by atoms with Crippen LogP contribution in [0, 0.1) is 6.92 Å². The minimum absolute atomic E-state index is 0.308. The van der Waals surface area contributed by atoms with Gasteiger partial charge in [-0.15, -0.1) is 0 Å². The average molecular weight is 335 g/mol. The highest BCUT2D eigenvalue weighted by Gasteiger charge is 2.04. The van der Waals surface area contributed by atoms with Gasteiger partial charge in [0.2, 0.25) is 0 Å². The fourth-order valence-electron chi connectivity index (χ4n) is 1.92. The van der Waals surface area contributed by atoms with E-state index in [0.717, 1.165) is 5.56 Å². The molecule has 0 spiro atoms. The zero-order valence-electron chi connectivity index (χ0n) is 13.1. The van der Waals surface area contributed by atoms with E-state index in [-0.39, 0.29) is 6.03 Å². The number of carbonyl (C=O) groups excluding carboxylic acids is 1. The van der Waals surface area contributed by atoms with E-state index in [0.29, 0.717) is 35.4 Å². The molecule has 0 aliphatic heterocycles. The molecule has 0 aliphatic rings. The van der Waals surface area contributed by atoms with Crippen LogP contribution in [0.4, 0.5) is 10.5 Å². The van der Waals surface area contributed by atoms with Gasteiger partial charge in [-0.05, 0) is 36.8 Å². The first-order chi connectivity index (χ1) is 11.1. The second kappa shape index (κ2) is 8.29. The summed E-state index contributed by atoms with van der Waals surface area (Å²) in [5.41, 5.74) is 1.72. The Hall–Kier alpha value is -2.40. The molecular weight excluding hydrogens is 316 g/mol. The van der Waals surface area contributed by atoms with Crippen molar-refractivity contribution in [1.29, 1.82) is 0 Å². The molecule has 0 radical (unpaired) electrons. The van der Waals surface area contributed by atoms with Gasteiger partial charge in [0.15, 0.2) is 0 Å². The number of amides is 2. The molecule has 2 amide bonds. The first-order valence-corrected chi connectivity index (χ1v) is 7.54. The Morgan fingerprint density at radius 2 is 2.04 bits per heavy atom. The third-order valence-corrected chi connectivity index (χ3v) is 3.37. The third-order valence-electron chi connectivity index (χ3n) is 3.06. The fraction of sp³-hybridized carbons (Fsp3) is 0.235. The van der Waals surface area contributed by atoms with Crippen molar-refractivity contribution in [3.05, 3.63) is 53.1 Å². The van der Waals surface area contributed by atoms with Crippen molar-refractivity contribution in [2.45, 2.75) is 6.92 Å². The van der Waals surface area contributed by atoms with E-state index in [1.54, 1.807) is 31.4 Å². The summed E-state index contributed by atoms with van der Waals surface area (Å²) >= 11 is 6.04. The molecule has 0 bridgehead atoms. The molecule has 0 unspecified atom stereocenters. The van der Waals surface area contributed by atoms with Crippen molar-refractivity contribution in [3.8, 4) is 11.5 Å². The van der Waals surface area contributed by atoms with Crippen LogP contribution in [0.1, 0.15) is 5.56 Å². The van der Waals surface area contributed by atoms with E-state index in [1.807, 2.05) is 25.1 Å². The molecule has 0 heterocycles. The molecule has 5 nitrogen and oxygen atoms in total. The molecule has 0 atom stereocenters. The number of carbonyl (C=O) groups is 1. The van der Waals surface area contributed by atoms with Gasteiger partial charge in [-0.2, -0.15) is 0 Å². The summed E-state index contributed by atoms with van der Waals surface area (Å²) in [5, 5.41) is 5.99. The van der Waals surface area contributed by atoms with Gasteiger partial charge >= 0.3 is 6.03 Å². The number of hydrogen-bond donors (Lipinski definition) is 2. The summed E-state index contributed by atoms with van der Waals surface area (Å²) < 4.78 is 10.7. The fourth-order valence-corrected chi connectivity index (χ4v) is 2.09. The standard InChI is InChI=1S/C17H19ClN2O3/c1-12-6-7-15(18)16(10-12)23-9-8-19-17(21)20-13-4-3-5-14(11-13)22-2/h3-7,10-11H,8-9H2,1-2H3,(H2,19,20,21). The van der Waals surface area contributed by atoms with Crippen LogP contribution in [0.25, 0.3) is 0 Å². The lowest BCUT2D eigenvalue weighted by molar-refractivity contribution is 0.247. The summed E-state index contributed by atoms with van der Waals surface area (Å²) in [6.07, 6.45) is 0. The SMILES string of the molecule is COc1cccc(NC(=O)NCCOc2cc(C)ccc2Cl)c1. The molecule has 0 aromatic heterocycles. The minimum Gasteiger partial charge on any atom is -0.497 e. The molecule has 0 fully saturated rings. The Bertz CT molecular complexity index is 677. The highest BCUT2D eigenvalue weighted by Crippen LogP contribution is 2.24. The number of hydrogen-bond acceptors (Lipinski definition) is 3. The summed E-state index contributed by atoms with van der Waals surface area (Å²) in [4.78, 5) is 11.8. The number of anilines is 1. The number of ether oxygens (including phenoxy) is 2. The van der Waals surface area contributed by atoms with E-state index in [4.69, 9.17) is 21.1 Å². The highest BCUT2D eigenvalue weighted by molar-refractivity contribution is 6.32. The second-order valence-corrected chi connectivity index (χ2v) is 5.30. The van der Waals surface area contributed by atoms with Crippen LogP contribution in [0.15, 0.2) is 42.5 Å². The Labute approximate surface area is 140 Å². The van der Waals surface area contributed by atoms with Crippen molar-refractivity contribution in [2.24, 2.45) is 0 Å². The largest absolute Gasteiger partial charge is 0.497 e. The maximum absolute atomic E-state index is 11.8. The number of aryl methyl sites for hydroxylation is 1. The van der Waals surface area contributed by atoms with Crippen LogP contribution in [0.5, 0.6) is 11.5 Å². The molecule has 0 aliphatic carbocycles. The average Bonchev–Trinajstić information content (AvgIpc) is 2.54. The molecule has 2 aromatic carbocycles. The topological polar surface area (TPSA) is 59.6 Å². The van der Waals surface area contributed by atoms with E-state index in [9.17, 15) is 4.79 Å². The summed E-state index contributed by atoms with van der Waals surface area (Å²) in [6, 6.07) is 12.4. The lowest BCUT2D eigenvalue weighted by Crippen LogP contribution is -2.32. The highest BCUT2D eigenvalue weighted by atomic mass is 35.5. The lowest BCUT2D eigenvalue weighted by atomic mass is 10.2. The number of urea groups is 1. The third kappa shape index (κ3) is 5.38. The number of rotatable bonds is 6. The number of halogens is 1. The van der Waals surface area contributed by atoms with Gasteiger partial charge in [0, 0.05) is 11.8 Å². The van der Waals surface area contributed by atoms with Crippen molar-refractivity contribution < 1.29 is 14.3 Å². The molecule has 0 saturated heterocycles. The van der Waals surface area contributed by atoms with Gasteiger partial charge in [-0.3, -0.25) is 0 Å². The second-order valence-electron chi connectivity index (χ2n) is 4.90. The van der Waals surface area contributed by atoms with Crippen LogP contribution in [-0.4, -0.2) is 26.3 Å². The van der Waals surface area contributed by atoms with Crippen LogP contribution in [0.3, 0.4) is 0 Å². The predicted molar refractivity (Wildman–Crippen MR) is 91.7 cm³/mol. The Morgan fingerprint density at radius 1 is 1.22 bits per heavy atom. The van der Waals surface area contributed by atoms with E-state index in [2.05, 4.69) is 10.6 Å². The van der Waals surface area contributed by atoms with E-state index < -0.39 is 0 Å². The molecular formula is C17H19ClN2O3. The van der Waals surface area contributed by atoms with Crippen molar-refractivity contribution in [2.75, 3.05) is 25.6 Å². The van der Waals surface area contributed by atoms with Crippen molar-refractivity contribution in [3.63, 3.8) is 0 Å². The zero-order valence-corrected chi connectivity index (χ0v) is 13.8. The number of nitrogens with one attached hydrogen (secondary N) is 2. The maximum Gasteiger partial charge on any atom is 0.319 e. The van der Waals surface area contributed by atoms with Crippen LogP contribution in [-0.2, 0) is 0 Å². The normalized spacial score (nSPS) is 10.0. The molecule has 23 heavy (non-hydrogen) atoms. The lowest BCUT2D eigenvalue weighted by Gasteiger charge is -2.11. The number of methoxy groups -OCH3 is 1. The first kappa shape index (κ1) is 17.0. The molecule has 2 N–H and O–H groups in total. The van der Waals surface area contributed by atoms with Gasteiger partial charge in [0.05, 0.1) is 18.7 Å². The first-order valence-electron chi connectivity index (χ1n) is 7.16. The Morgan fingerprint density at radius 3 is 2.83 bits per heavy atom. The summed E-state index contributed by atoms with van der Waals surface area (Å²) in [5.74, 6) is 1.29. The quantitative estimate of drug-likeness (QED) is 0.789. The predicted octanol–water partition coefficient (Wildman–Crippen LogP) is 3.86. The summed E-state index contributed by atoms with van der Waals surface area (Å²) in [7, 11) is 1.58. The summed E-state index contributed by atoms with van der Waals surface area (Å²) in [6.45, 7) is 2.65. The van der Waals surface area contributed by atoms with Crippen molar-refractivity contribution >= 4 is 23.3 Å². The maximum atomic E-state index is 11.8. The van der Waals surface area contributed by atoms with Crippen LogP contribution >= 0.6 is 11.6 Å². The van der Waals surface area contributed by atoms with Crippen LogP contribution in [0.2, 0.25) is 5.02 Å². The number of benzene rings is 2. The molecule has 122 valence electrons. The van der Waals surface area contributed by atoms with E-state index in [1.165, 1.54) is 0 Å². The van der Waals surface area contributed by atoms with Gasteiger partial charge in [0.25, 0.3) is 0 Å². The van der Waals surface area contributed by atoms with Gasteiger partial charge in [-0.1, -0.05) is 23.7 Å². The van der Waals surface area contributed by atoms with E-state index >= 15 is 0 Å². The van der Waals surface area contributed by atoms with Gasteiger partial charge < -0.3 is 20.1 Å². The van der Waals surface area contributed by atoms with Gasteiger partial charge in [-0.25, -0.2) is 4.79 Å². The van der Waals surface area contributed by atoms with Crippen LogP contribution < -0.4 is 20.1 Å². The minimum atomic E-state index is -0.308. The molecule has 6 heteroatoms. The molecule has 2 aromatic rings. The molecule has 2 rings (SSSR count). The zero-order chi connectivity index (χ0) is 16.7. The Balaban J connectivity index is 1.75.